The number of nitrogens with zero attached hydrogens (tertiary/aromatic N) is 2. The van der Waals surface area contributed by atoms with Crippen LogP contribution in [-0.4, -0.2) is 50.4 Å². The van der Waals surface area contributed by atoms with Gasteiger partial charge in [0.2, 0.25) is 5.95 Å². The summed E-state index contributed by atoms with van der Waals surface area (Å²) in [5.74, 6) is 0.931. The second-order valence-electron chi connectivity index (χ2n) is 5.18. The lowest BCUT2D eigenvalue weighted by atomic mass is 10.2. The summed E-state index contributed by atoms with van der Waals surface area (Å²) in [5.41, 5.74) is 0.811. The Hall–Kier alpha value is -2.58. The van der Waals surface area contributed by atoms with Crippen LogP contribution >= 0.6 is 11.6 Å². The molecule has 0 aliphatic carbocycles. The maximum absolute atomic E-state index is 12.1. The average molecular weight is 381 g/mol. The summed E-state index contributed by atoms with van der Waals surface area (Å²) in [5, 5.41) is 6.20. The molecule has 0 radical (unpaired) electrons. The lowest BCUT2D eigenvalue weighted by molar-refractivity contribution is 0.0943. The van der Waals surface area contributed by atoms with Crippen molar-refractivity contribution in [1.29, 1.82) is 0 Å². The Bertz CT molecular complexity index is 758. The number of ether oxygens (including phenoxy) is 3. The Morgan fingerprint density at radius 3 is 2.65 bits per heavy atom. The maximum Gasteiger partial charge on any atom is 0.270 e. The highest BCUT2D eigenvalue weighted by Crippen LogP contribution is 2.36. The molecule has 2 rings (SSSR count). The van der Waals surface area contributed by atoms with Crippen LogP contribution in [0.15, 0.2) is 24.4 Å². The van der Waals surface area contributed by atoms with Gasteiger partial charge >= 0.3 is 0 Å². The molecule has 0 fully saturated rings. The molecule has 1 aromatic heterocycles. The number of amides is 1. The molecule has 1 heterocycles. The van der Waals surface area contributed by atoms with Gasteiger partial charge < -0.3 is 24.8 Å². The van der Waals surface area contributed by atoms with Gasteiger partial charge in [0.25, 0.3) is 5.91 Å². The number of carbonyl (C=O) groups excluding carboxylic acids is 1. The van der Waals surface area contributed by atoms with E-state index in [9.17, 15) is 4.79 Å². The highest BCUT2D eigenvalue weighted by Gasteiger charge is 2.13. The molecule has 1 amide bonds. The fourth-order valence-electron chi connectivity index (χ4n) is 2.13. The van der Waals surface area contributed by atoms with Crippen LogP contribution in [-0.2, 0) is 4.74 Å². The van der Waals surface area contributed by atoms with Crippen molar-refractivity contribution in [2.24, 2.45) is 0 Å². The molecule has 0 saturated heterocycles. The third kappa shape index (κ3) is 5.21. The molecule has 0 aliphatic heterocycles. The monoisotopic (exact) mass is 380 g/mol. The summed E-state index contributed by atoms with van der Waals surface area (Å²) in [7, 11) is 4.65. The first-order chi connectivity index (χ1) is 12.6. The van der Waals surface area contributed by atoms with E-state index in [0.29, 0.717) is 35.4 Å². The van der Waals surface area contributed by atoms with Crippen molar-refractivity contribution < 1.29 is 19.0 Å². The third-order valence-corrected chi connectivity index (χ3v) is 3.71. The van der Waals surface area contributed by atoms with Gasteiger partial charge in [0, 0.05) is 38.6 Å². The Kier molecular flexibility index (Phi) is 7.43. The summed E-state index contributed by atoms with van der Waals surface area (Å²) >= 11 is 6.10. The number of carbonyl (C=O) groups is 1. The molecular weight excluding hydrogens is 360 g/mol. The molecule has 9 heteroatoms. The topological polar surface area (TPSA) is 94.6 Å². The first kappa shape index (κ1) is 19.7. The molecule has 1 aromatic carbocycles. The number of rotatable bonds is 9. The van der Waals surface area contributed by atoms with E-state index in [1.54, 1.807) is 19.2 Å². The summed E-state index contributed by atoms with van der Waals surface area (Å²) in [6, 6.07) is 4.83. The molecule has 2 N–H and O–H groups in total. The maximum atomic E-state index is 12.1. The molecule has 0 bridgehead atoms. The summed E-state index contributed by atoms with van der Waals surface area (Å²) in [6.45, 7) is 1.08. The molecule has 140 valence electrons. The van der Waals surface area contributed by atoms with Crippen LogP contribution in [0.3, 0.4) is 0 Å². The lowest BCUT2D eigenvalue weighted by Crippen LogP contribution is -2.26. The van der Waals surface area contributed by atoms with Gasteiger partial charge in [0.15, 0.2) is 0 Å². The summed E-state index contributed by atoms with van der Waals surface area (Å²) in [4.78, 5) is 20.5. The number of methoxy groups -OCH3 is 3. The van der Waals surface area contributed by atoms with Crippen molar-refractivity contribution in [3.63, 3.8) is 0 Å². The SMILES string of the molecule is COCCCNC(=O)c1ccnc(Nc2cc(OC)c(Cl)cc2OC)n1. The zero-order chi connectivity index (χ0) is 18.9. The highest BCUT2D eigenvalue weighted by molar-refractivity contribution is 6.32. The second kappa shape index (κ2) is 9.79. The van der Waals surface area contributed by atoms with E-state index < -0.39 is 0 Å². The average Bonchev–Trinajstić information content (AvgIpc) is 2.66. The van der Waals surface area contributed by atoms with Crippen LogP contribution in [0, 0.1) is 0 Å². The van der Waals surface area contributed by atoms with E-state index in [1.165, 1.54) is 26.5 Å². The first-order valence-corrected chi connectivity index (χ1v) is 8.25. The minimum absolute atomic E-state index is 0.247. The van der Waals surface area contributed by atoms with Crippen LogP contribution in [0.5, 0.6) is 11.5 Å². The van der Waals surface area contributed by atoms with E-state index in [-0.39, 0.29) is 17.5 Å². The van der Waals surface area contributed by atoms with Gasteiger partial charge in [-0.25, -0.2) is 9.97 Å². The van der Waals surface area contributed by atoms with Gasteiger partial charge in [-0.3, -0.25) is 4.79 Å². The van der Waals surface area contributed by atoms with E-state index in [1.807, 2.05) is 0 Å². The number of halogens is 1. The summed E-state index contributed by atoms with van der Waals surface area (Å²) < 4.78 is 15.5. The minimum Gasteiger partial charge on any atom is -0.495 e. The molecular formula is C17H21ClN4O4. The fourth-order valence-corrected chi connectivity index (χ4v) is 2.36. The molecule has 0 spiro atoms. The van der Waals surface area contributed by atoms with Crippen molar-refractivity contribution in [2.75, 3.05) is 39.8 Å². The van der Waals surface area contributed by atoms with Gasteiger partial charge in [0.1, 0.15) is 17.2 Å². The fraction of sp³-hybridized carbons (Fsp3) is 0.353. The standard InChI is InChI=1S/C17H21ClN4O4/c1-24-8-4-6-19-16(23)12-5-7-20-17(21-12)22-13-10-14(25-2)11(18)9-15(13)26-3/h5,7,9-10H,4,6,8H2,1-3H3,(H,19,23)(H,20,21,22). The normalized spacial score (nSPS) is 10.3. The van der Waals surface area contributed by atoms with Crippen molar-refractivity contribution in [3.8, 4) is 11.5 Å². The number of benzene rings is 1. The molecule has 0 unspecified atom stereocenters. The zero-order valence-corrected chi connectivity index (χ0v) is 15.6. The van der Waals surface area contributed by atoms with Crippen molar-refractivity contribution in [2.45, 2.75) is 6.42 Å². The van der Waals surface area contributed by atoms with Gasteiger partial charge in [-0.05, 0) is 12.5 Å². The van der Waals surface area contributed by atoms with E-state index >= 15 is 0 Å². The first-order valence-electron chi connectivity index (χ1n) is 7.87. The molecule has 0 saturated carbocycles. The minimum atomic E-state index is -0.285. The third-order valence-electron chi connectivity index (χ3n) is 3.42. The molecule has 0 aliphatic rings. The van der Waals surface area contributed by atoms with Crippen molar-refractivity contribution >= 4 is 29.1 Å². The van der Waals surface area contributed by atoms with Crippen molar-refractivity contribution in [3.05, 3.63) is 35.1 Å². The number of nitrogens with one attached hydrogen (secondary N) is 2. The Morgan fingerprint density at radius 1 is 1.19 bits per heavy atom. The predicted octanol–water partition coefficient (Wildman–Crippen LogP) is 2.66. The van der Waals surface area contributed by atoms with Crippen LogP contribution < -0.4 is 20.1 Å². The number of hydrogen-bond donors (Lipinski definition) is 2. The largest absolute Gasteiger partial charge is 0.495 e. The van der Waals surface area contributed by atoms with E-state index in [2.05, 4.69) is 20.6 Å². The Morgan fingerprint density at radius 2 is 1.96 bits per heavy atom. The van der Waals surface area contributed by atoms with Crippen LogP contribution in [0.4, 0.5) is 11.6 Å². The Labute approximate surface area is 156 Å². The van der Waals surface area contributed by atoms with Gasteiger partial charge in [0.05, 0.1) is 24.9 Å². The Balaban J connectivity index is 2.14. The smallest absolute Gasteiger partial charge is 0.270 e. The van der Waals surface area contributed by atoms with E-state index in [4.69, 9.17) is 25.8 Å². The number of hydrogen-bond acceptors (Lipinski definition) is 7. The number of aromatic nitrogens is 2. The van der Waals surface area contributed by atoms with Crippen LogP contribution in [0.1, 0.15) is 16.9 Å². The quantitative estimate of drug-likeness (QED) is 0.646. The van der Waals surface area contributed by atoms with Gasteiger partial charge in [-0.1, -0.05) is 11.6 Å². The summed E-state index contributed by atoms with van der Waals surface area (Å²) in [6.07, 6.45) is 2.22. The molecule has 8 nitrogen and oxygen atoms in total. The zero-order valence-electron chi connectivity index (χ0n) is 14.8. The molecule has 26 heavy (non-hydrogen) atoms. The number of anilines is 2. The highest BCUT2D eigenvalue weighted by atomic mass is 35.5. The van der Waals surface area contributed by atoms with Gasteiger partial charge in [-0.2, -0.15) is 0 Å². The molecule has 2 aromatic rings. The van der Waals surface area contributed by atoms with Crippen molar-refractivity contribution in [1.82, 2.24) is 15.3 Å². The predicted molar refractivity (Wildman–Crippen MR) is 98.7 cm³/mol. The van der Waals surface area contributed by atoms with Gasteiger partial charge in [-0.15, -0.1) is 0 Å². The van der Waals surface area contributed by atoms with Crippen LogP contribution in [0.2, 0.25) is 5.02 Å². The molecule has 0 atom stereocenters. The second-order valence-corrected chi connectivity index (χ2v) is 5.59. The lowest BCUT2D eigenvalue weighted by Gasteiger charge is -2.13. The van der Waals surface area contributed by atoms with Crippen LogP contribution in [0.25, 0.3) is 0 Å². The van der Waals surface area contributed by atoms with E-state index in [0.717, 1.165) is 6.42 Å².